The largest absolute Gasteiger partial charge is 0.481 e. The number of rotatable bonds is 20. The van der Waals surface area contributed by atoms with Gasteiger partial charge >= 0.3 is 23.9 Å². The number of nitrogens with zero attached hydrogens (tertiary/aromatic N) is 6. The second-order valence-electron chi connectivity index (χ2n) is 20.9. The number of ether oxygens (including phenoxy) is 4. The van der Waals surface area contributed by atoms with Gasteiger partial charge in [0.2, 0.25) is 0 Å². The second kappa shape index (κ2) is 23.7. The minimum Gasteiger partial charge on any atom is -0.481 e. The van der Waals surface area contributed by atoms with Crippen molar-refractivity contribution in [3.8, 4) is 91.5 Å². The molecule has 0 aliphatic carbocycles. The summed E-state index contributed by atoms with van der Waals surface area (Å²) in [6.07, 6.45) is 1.29. The van der Waals surface area contributed by atoms with Gasteiger partial charge in [-0.25, -0.2) is 29.9 Å². The highest BCUT2D eigenvalue weighted by atomic mass is 16.5. The molecule has 0 atom stereocenters. The molecule has 0 fully saturated rings. The molecule has 2 aliphatic heterocycles. The van der Waals surface area contributed by atoms with Crippen LogP contribution in [0.4, 0.5) is 0 Å². The summed E-state index contributed by atoms with van der Waals surface area (Å²) in [6.45, 7) is 0. The molecular formula is C68H50N8O12. The highest BCUT2D eigenvalue weighted by Gasteiger charge is 2.28. The summed E-state index contributed by atoms with van der Waals surface area (Å²) in [4.78, 5) is 84.2. The van der Waals surface area contributed by atoms with Crippen molar-refractivity contribution in [3.05, 3.63) is 192 Å². The van der Waals surface area contributed by atoms with Gasteiger partial charge in [0.15, 0.2) is 23.3 Å². The van der Waals surface area contributed by atoms with Gasteiger partial charge in [0.25, 0.3) is 0 Å². The third-order valence-corrected chi connectivity index (χ3v) is 14.9. The van der Waals surface area contributed by atoms with Gasteiger partial charge < -0.3 is 49.3 Å². The summed E-state index contributed by atoms with van der Waals surface area (Å²) in [5.41, 5.74) is 6.76. The van der Waals surface area contributed by atoms with Crippen LogP contribution in [0.1, 0.15) is 47.9 Å². The number of fused-ring (bicyclic) bond motifs is 20. The van der Waals surface area contributed by atoms with Crippen LogP contribution in [0, 0.1) is 0 Å². The molecule has 20 nitrogen and oxygen atoms in total. The molecule has 13 rings (SSSR count). The monoisotopic (exact) mass is 1170 g/mol. The minimum atomic E-state index is -0.897. The van der Waals surface area contributed by atoms with Crippen molar-refractivity contribution in [3.63, 3.8) is 0 Å². The first-order valence-corrected chi connectivity index (χ1v) is 28.1. The Morgan fingerprint density at radius 2 is 0.602 bits per heavy atom. The third-order valence-electron chi connectivity index (χ3n) is 14.9. The fourth-order valence-corrected chi connectivity index (χ4v) is 10.6. The van der Waals surface area contributed by atoms with Crippen molar-refractivity contribution in [1.29, 1.82) is 0 Å². The van der Waals surface area contributed by atoms with E-state index >= 15 is 0 Å². The number of aryl methyl sites for hydroxylation is 4. The lowest BCUT2D eigenvalue weighted by atomic mass is 10.1. The Bertz CT molecular complexity index is 4460. The predicted octanol–water partition coefficient (Wildman–Crippen LogP) is 14.1. The average molecular weight is 1170 g/mol. The van der Waals surface area contributed by atoms with E-state index < -0.39 is 23.9 Å². The lowest BCUT2D eigenvalue weighted by Gasteiger charge is -2.10. The summed E-state index contributed by atoms with van der Waals surface area (Å²) in [5.74, 6) is 0.892. The fourth-order valence-electron chi connectivity index (χ4n) is 10.6. The SMILES string of the molecule is O=C(O)CCc1ccc(Oc2cccc3c2-c2nc-3nc3[nH]c(nc4nc(nc5[nH]c(n2)c2cccc(Oc6ccc(CCC(=O)O)cc6)c52)-c2cccc(Oc5ccc(CCC(=O)O)cc5)c2-4)c2cccc(Oc4ccc(CCC(=O)O)cc4)c32)cc1. The van der Waals surface area contributed by atoms with E-state index in [0.29, 0.717) is 138 Å². The zero-order valence-corrected chi connectivity index (χ0v) is 46.6. The number of H-pyrrole nitrogens is 2. The Morgan fingerprint density at radius 1 is 0.318 bits per heavy atom. The zero-order valence-electron chi connectivity index (χ0n) is 46.6. The maximum atomic E-state index is 11.4. The van der Waals surface area contributed by atoms with E-state index in [4.69, 9.17) is 48.9 Å². The van der Waals surface area contributed by atoms with Crippen molar-refractivity contribution in [2.75, 3.05) is 0 Å². The number of benzene rings is 8. The molecule has 0 unspecified atom stereocenters. The number of nitrogens with one attached hydrogen (secondary N) is 2. The van der Waals surface area contributed by atoms with Crippen LogP contribution in [0.2, 0.25) is 0 Å². The number of carboxylic acids is 4. The lowest BCUT2D eigenvalue weighted by Crippen LogP contribution is -1.97. The summed E-state index contributed by atoms with van der Waals surface area (Å²) in [5, 5.41) is 39.6. The summed E-state index contributed by atoms with van der Waals surface area (Å²) < 4.78 is 26.7. The molecule has 0 radical (unpaired) electrons. The Kier molecular flexibility index (Phi) is 14.9. The normalized spacial score (nSPS) is 11.5. The first-order chi connectivity index (χ1) is 42.8. The van der Waals surface area contributed by atoms with Crippen LogP contribution in [0.25, 0.3) is 89.7 Å². The Morgan fingerprint density at radius 3 is 0.920 bits per heavy atom. The second-order valence-corrected chi connectivity index (χ2v) is 20.9. The van der Waals surface area contributed by atoms with Gasteiger partial charge in [-0.05, 0) is 121 Å². The van der Waals surface area contributed by atoms with E-state index in [1.807, 2.05) is 109 Å². The Balaban J connectivity index is 1.05. The summed E-state index contributed by atoms with van der Waals surface area (Å²) >= 11 is 0. The molecule has 8 bridgehead atoms. The van der Waals surface area contributed by atoms with Gasteiger partial charge in [-0.1, -0.05) is 97.1 Å². The van der Waals surface area contributed by atoms with Gasteiger partial charge in [0.1, 0.15) is 68.6 Å². The van der Waals surface area contributed by atoms with Crippen LogP contribution in [-0.2, 0) is 44.9 Å². The topological polar surface area (TPSA) is 295 Å². The molecular weight excluding hydrogens is 1120 g/mol. The number of hydrogen-bond donors (Lipinski definition) is 6. The van der Waals surface area contributed by atoms with Crippen LogP contribution in [-0.4, -0.2) is 84.2 Å². The van der Waals surface area contributed by atoms with E-state index in [1.54, 1.807) is 60.7 Å². The van der Waals surface area contributed by atoms with Crippen molar-refractivity contribution in [1.82, 2.24) is 39.9 Å². The van der Waals surface area contributed by atoms with Gasteiger partial charge in [-0.15, -0.1) is 0 Å². The Labute approximate surface area is 499 Å². The van der Waals surface area contributed by atoms with Gasteiger partial charge in [0.05, 0.1) is 21.9 Å². The van der Waals surface area contributed by atoms with E-state index in [0.717, 1.165) is 22.3 Å². The number of aliphatic carboxylic acids is 4. The van der Waals surface area contributed by atoms with E-state index in [1.165, 1.54) is 0 Å². The third kappa shape index (κ3) is 11.7. The maximum Gasteiger partial charge on any atom is 0.303 e. The van der Waals surface area contributed by atoms with Crippen molar-refractivity contribution < 1.29 is 58.6 Å². The van der Waals surface area contributed by atoms with Crippen LogP contribution in [0.15, 0.2) is 170 Å². The number of carbonyl (C=O) groups is 4. The molecule has 0 saturated heterocycles. The number of aromatic amines is 2. The summed E-state index contributed by atoms with van der Waals surface area (Å²) in [6, 6.07) is 50.9. The molecule has 0 saturated carbocycles. The van der Waals surface area contributed by atoms with E-state index in [2.05, 4.69) is 9.97 Å². The summed E-state index contributed by atoms with van der Waals surface area (Å²) in [7, 11) is 0. The standard InChI is InChI=1S/C68H50N8O12/c77-53(78)33-21-37-13-25-41(26-14-37)85-49-9-1-5-45-57(49)65-69-61(45)73-66-58-46(6-2-10-50(58)86-42-27-15-38(16-28-42)22-34-54(79)80)63(70-66)75-68-60-48(8-4-12-52(60)88-44-31-19-40(20-32-44)24-36-56(83)84)64(72-68)76-67-59-47(62(71-67)74-65)7-3-11-51(59)87-43-29-17-39(18-30-43)23-35-55(81)82/h1-20,25-32H,21-24,33-36H2,(H,77,78)(H,79,80)(H,81,82)(H,83,84)(H2,69,70,71,72,73,74,75,76). The quantitative estimate of drug-likeness (QED) is 0.0413. The van der Waals surface area contributed by atoms with E-state index in [-0.39, 0.29) is 49.0 Å². The fraction of sp³-hybridized carbons (Fsp3) is 0.118. The highest BCUT2D eigenvalue weighted by Crippen LogP contribution is 2.46. The van der Waals surface area contributed by atoms with Crippen molar-refractivity contribution in [2.45, 2.75) is 51.4 Å². The number of carboxylic acid groups (broad SMARTS) is 4. The van der Waals surface area contributed by atoms with E-state index in [9.17, 15) is 39.6 Å². The first kappa shape index (κ1) is 55.4. The van der Waals surface area contributed by atoms with Crippen LogP contribution >= 0.6 is 0 Å². The molecule has 88 heavy (non-hydrogen) atoms. The Hall–Kier alpha value is -11.8. The molecule has 5 heterocycles. The predicted molar refractivity (Wildman–Crippen MR) is 326 cm³/mol. The van der Waals surface area contributed by atoms with Gasteiger partial charge in [-0.3, -0.25) is 19.2 Å². The lowest BCUT2D eigenvalue weighted by molar-refractivity contribution is -0.138. The molecule has 11 aromatic rings. The number of aromatic nitrogens is 8. The number of hydrogen-bond acceptors (Lipinski definition) is 14. The maximum absolute atomic E-state index is 11.4. The molecule has 20 heteroatoms. The smallest absolute Gasteiger partial charge is 0.303 e. The molecule has 6 N–H and O–H groups in total. The highest BCUT2D eigenvalue weighted by molar-refractivity contribution is 6.10. The van der Waals surface area contributed by atoms with Crippen LogP contribution in [0.5, 0.6) is 46.0 Å². The molecule has 2 aliphatic rings. The van der Waals surface area contributed by atoms with Crippen molar-refractivity contribution >= 4 is 68.0 Å². The molecule has 0 amide bonds. The molecule has 3 aromatic heterocycles. The molecule has 0 spiro atoms. The van der Waals surface area contributed by atoms with Crippen LogP contribution < -0.4 is 18.9 Å². The van der Waals surface area contributed by atoms with Crippen LogP contribution in [0.3, 0.4) is 0 Å². The van der Waals surface area contributed by atoms with Crippen molar-refractivity contribution in [2.24, 2.45) is 0 Å². The zero-order chi connectivity index (χ0) is 60.4. The average Bonchev–Trinajstić information content (AvgIpc) is 2.20. The first-order valence-electron chi connectivity index (χ1n) is 28.1. The molecule has 8 aromatic carbocycles. The van der Waals surface area contributed by atoms with Gasteiger partial charge in [-0.2, -0.15) is 0 Å². The molecule has 434 valence electrons. The van der Waals surface area contributed by atoms with Gasteiger partial charge in [0, 0.05) is 47.6 Å². The minimum absolute atomic E-state index is 0.0228.